The number of unbranched alkanes of at least 4 members (excludes halogenated alkanes) is 1. The summed E-state index contributed by atoms with van der Waals surface area (Å²) >= 11 is 0. The molecular formula is C22H35NO. The monoisotopic (exact) mass is 329 g/mol. The SMILES string of the molecule is CC/C=C/CC[C@H]1CCc2cc([C@H](CN)CCCCO)ccc2C1. The number of aryl methyl sites for hydroxylation is 1. The highest BCUT2D eigenvalue weighted by atomic mass is 16.2. The molecule has 24 heavy (non-hydrogen) atoms. The number of rotatable bonds is 10. The number of fused-ring (bicyclic) bond motifs is 1. The van der Waals surface area contributed by atoms with Crippen LogP contribution in [-0.4, -0.2) is 18.3 Å². The van der Waals surface area contributed by atoms with E-state index < -0.39 is 0 Å². The predicted molar refractivity (Wildman–Crippen MR) is 103 cm³/mol. The van der Waals surface area contributed by atoms with Crippen LogP contribution in [0.1, 0.15) is 74.5 Å². The van der Waals surface area contributed by atoms with Gasteiger partial charge in [-0.05, 0) is 86.4 Å². The molecular weight excluding hydrogens is 294 g/mol. The van der Waals surface area contributed by atoms with Crippen LogP contribution in [0.15, 0.2) is 30.4 Å². The number of nitrogens with two attached hydrogens (primary N) is 1. The van der Waals surface area contributed by atoms with E-state index in [4.69, 9.17) is 10.8 Å². The van der Waals surface area contributed by atoms with Crippen molar-refractivity contribution in [2.75, 3.05) is 13.2 Å². The largest absolute Gasteiger partial charge is 0.396 e. The molecule has 0 saturated heterocycles. The lowest BCUT2D eigenvalue weighted by molar-refractivity contribution is 0.281. The summed E-state index contributed by atoms with van der Waals surface area (Å²) in [5.41, 5.74) is 10.5. The molecule has 2 nitrogen and oxygen atoms in total. The van der Waals surface area contributed by atoms with Gasteiger partial charge in [0.15, 0.2) is 0 Å². The minimum Gasteiger partial charge on any atom is -0.396 e. The fraction of sp³-hybridized carbons (Fsp3) is 0.636. The molecule has 1 aromatic carbocycles. The van der Waals surface area contributed by atoms with Crippen molar-refractivity contribution in [3.63, 3.8) is 0 Å². The van der Waals surface area contributed by atoms with Gasteiger partial charge in [0, 0.05) is 6.61 Å². The fourth-order valence-electron chi connectivity index (χ4n) is 3.89. The summed E-state index contributed by atoms with van der Waals surface area (Å²) in [6, 6.07) is 7.07. The van der Waals surface area contributed by atoms with E-state index in [-0.39, 0.29) is 6.61 Å². The topological polar surface area (TPSA) is 46.2 Å². The average Bonchev–Trinajstić information content (AvgIpc) is 2.62. The summed E-state index contributed by atoms with van der Waals surface area (Å²) in [5, 5.41) is 8.96. The zero-order valence-corrected chi connectivity index (χ0v) is 15.3. The van der Waals surface area contributed by atoms with Gasteiger partial charge in [0.1, 0.15) is 0 Å². The Labute approximate surface area is 148 Å². The number of aliphatic hydroxyl groups is 1. The highest BCUT2D eigenvalue weighted by molar-refractivity contribution is 5.36. The highest BCUT2D eigenvalue weighted by Gasteiger charge is 2.19. The summed E-state index contributed by atoms with van der Waals surface area (Å²) in [6.07, 6.45) is 15.2. The maximum absolute atomic E-state index is 8.96. The Morgan fingerprint density at radius 1 is 1.25 bits per heavy atom. The number of hydrogen-bond donors (Lipinski definition) is 2. The van der Waals surface area contributed by atoms with Gasteiger partial charge in [0.05, 0.1) is 0 Å². The molecule has 3 N–H and O–H groups in total. The second-order valence-electron chi connectivity index (χ2n) is 7.25. The molecule has 0 unspecified atom stereocenters. The lowest BCUT2D eigenvalue weighted by Crippen LogP contribution is -2.17. The summed E-state index contributed by atoms with van der Waals surface area (Å²) < 4.78 is 0. The van der Waals surface area contributed by atoms with Crippen molar-refractivity contribution in [3.05, 3.63) is 47.0 Å². The van der Waals surface area contributed by atoms with E-state index in [1.807, 2.05) is 0 Å². The minimum absolute atomic E-state index is 0.288. The molecule has 1 aliphatic carbocycles. The number of hydrogen-bond acceptors (Lipinski definition) is 2. The number of benzene rings is 1. The normalized spacial score (nSPS) is 18.7. The van der Waals surface area contributed by atoms with Crippen LogP contribution >= 0.6 is 0 Å². The molecule has 0 radical (unpaired) electrons. The van der Waals surface area contributed by atoms with E-state index in [9.17, 15) is 0 Å². The average molecular weight is 330 g/mol. The Balaban J connectivity index is 1.93. The summed E-state index contributed by atoms with van der Waals surface area (Å²) in [4.78, 5) is 0. The molecule has 0 saturated carbocycles. The number of allylic oxidation sites excluding steroid dienone is 2. The molecule has 0 bridgehead atoms. The van der Waals surface area contributed by atoms with E-state index in [0.717, 1.165) is 31.6 Å². The molecule has 1 aromatic rings. The van der Waals surface area contributed by atoms with Crippen LogP contribution in [0, 0.1) is 5.92 Å². The van der Waals surface area contributed by atoms with Crippen molar-refractivity contribution < 1.29 is 5.11 Å². The zero-order valence-electron chi connectivity index (χ0n) is 15.3. The second kappa shape index (κ2) is 10.7. The quantitative estimate of drug-likeness (QED) is 0.481. The first-order valence-electron chi connectivity index (χ1n) is 9.86. The molecule has 2 rings (SSSR count). The van der Waals surface area contributed by atoms with Crippen LogP contribution in [0.4, 0.5) is 0 Å². The Bertz CT molecular complexity index is 509. The fourth-order valence-corrected chi connectivity index (χ4v) is 3.89. The molecule has 1 aliphatic rings. The highest BCUT2D eigenvalue weighted by Crippen LogP contribution is 2.31. The molecule has 0 aliphatic heterocycles. The van der Waals surface area contributed by atoms with Gasteiger partial charge in [-0.3, -0.25) is 0 Å². The van der Waals surface area contributed by atoms with Gasteiger partial charge >= 0.3 is 0 Å². The standard InChI is InChI=1S/C22H35NO/c1-2-3-4-5-8-18-10-11-20-16-21(13-12-19(20)15-18)22(17-23)9-6-7-14-24/h3-4,12-13,16,18,22,24H,2,5-11,14-15,17,23H2,1H3/b4-3+/t18-,22-/m0/s1. The van der Waals surface area contributed by atoms with E-state index in [2.05, 4.69) is 37.3 Å². The van der Waals surface area contributed by atoms with Gasteiger partial charge in [-0.15, -0.1) is 0 Å². The Hall–Kier alpha value is -1.12. The first kappa shape index (κ1) is 19.2. The third kappa shape index (κ3) is 5.75. The first-order valence-corrected chi connectivity index (χ1v) is 9.86. The molecule has 0 fully saturated rings. The maximum atomic E-state index is 8.96. The van der Waals surface area contributed by atoms with E-state index >= 15 is 0 Å². The van der Waals surface area contributed by atoms with Gasteiger partial charge in [-0.2, -0.15) is 0 Å². The molecule has 2 atom stereocenters. The minimum atomic E-state index is 0.288. The van der Waals surface area contributed by atoms with Crippen molar-refractivity contribution in [2.45, 2.75) is 70.6 Å². The van der Waals surface area contributed by atoms with Crippen molar-refractivity contribution >= 4 is 0 Å². The summed E-state index contributed by atoms with van der Waals surface area (Å²) in [5.74, 6) is 1.29. The lowest BCUT2D eigenvalue weighted by Gasteiger charge is -2.26. The van der Waals surface area contributed by atoms with Crippen LogP contribution in [0.2, 0.25) is 0 Å². The molecule has 0 heterocycles. The molecule has 0 aromatic heterocycles. The Morgan fingerprint density at radius 3 is 2.88 bits per heavy atom. The zero-order chi connectivity index (χ0) is 17.2. The molecule has 2 heteroatoms. The first-order chi connectivity index (χ1) is 11.8. The predicted octanol–water partition coefficient (Wildman–Crippen LogP) is 4.74. The third-order valence-electron chi connectivity index (χ3n) is 5.42. The summed E-state index contributed by atoms with van der Waals surface area (Å²) in [6.45, 7) is 3.19. The lowest BCUT2D eigenvalue weighted by atomic mass is 9.80. The van der Waals surface area contributed by atoms with Crippen LogP contribution in [0.5, 0.6) is 0 Å². The van der Waals surface area contributed by atoms with Gasteiger partial charge in [-0.1, -0.05) is 43.7 Å². The van der Waals surface area contributed by atoms with Crippen molar-refractivity contribution in [2.24, 2.45) is 11.7 Å². The second-order valence-corrected chi connectivity index (χ2v) is 7.25. The number of aliphatic hydroxyl groups excluding tert-OH is 1. The van der Waals surface area contributed by atoms with E-state index in [1.54, 1.807) is 11.1 Å². The van der Waals surface area contributed by atoms with Crippen molar-refractivity contribution in [3.8, 4) is 0 Å². The molecule has 0 amide bonds. The van der Waals surface area contributed by atoms with Crippen LogP contribution in [-0.2, 0) is 12.8 Å². The summed E-state index contributed by atoms with van der Waals surface area (Å²) in [7, 11) is 0. The van der Waals surface area contributed by atoms with Gasteiger partial charge in [-0.25, -0.2) is 0 Å². The Kier molecular flexibility index (Phi) is 8.55. The van der Waals surface area contributed by atoms with Crippen molar-refractivity contribution in [1.29, 1.82) is 0 Å². The molecule has 0 spiro atoms. The van der Waals surface area contributed by atoms with E-state index in [1.165, 1.54) is 37.7 Å². The van der Waals surface area contributed by atoms with Gasteiger partial charge in [0.2, 0.25) is 0 Å². The maximum Gasteiger partial charge on any atom is 0.0431 e. The van der Waals surface area contributed by atoms with Gasteiger partial charge < -0.3 is 10.8 Å². The van der Waals surface area contributed by atoms with Crippen LogP contribution in [0.25, 0.3) is 0 Å². The van der Waals surface area contributed by atoms with Crippen LogP contribution in [0.3, 0.4) is 0 Å². The third-order valence-corrected chi connectivity index (χ3v) is 5.42. The van der Waals surface area contributed by atoms with Crippen LogP contribution < -0.4 is 5.73 Å². The smallest absolute Gasteiger partial charge is 0.0431 e. The molecule has 134 valence electrons. The van der Waals surface area contributed by atoms with Gasteiger partial charge in [0.25, 0.3) is 0 Å². The van der Waals surface area contributed by atoms with Crippen molar-refractivity contribution in [1.82, 2.24) is 0 Å². The van der Waals surface area contributed by atoms with E-state index in [0.29, 0.717) is 12.5 Å². The Morgan fingerprint density at radius 2 is 2.12 bits per heavy atom.